The monoisotopic (exact) mass is 379 g/mol. The molecule has 3 heterocycles. The van der Waals surface area contributed by atoms with Crippen LogP contribution in [-0.2, 0) is 6.42 Å². The lowest BCUT2D eigenvalue weighted by atomic mass is 10.1. The molecule has 2 aromatic heterocycles. The van der Waals surface area contributed by atoms with Crippen molar-refractivity contribution in [3.05, 3.63) is 77.3 Å². The van der Waals surface area contributed by atoms with Crippen molar-refractivity contribution in [1.82, 2.24) is 14.3 Å². The molecule has 0 saturated heterocycles. The number of imidazole rings is 1. The second kappa shape index (κ2) is 7.55. The third kappa shape index (κ3) is 3.61. The van der Waals surface area contributed by atoms with Crippen molar-refractivity contribution in [2.24, 2.45) is 4.99 Å². The molecule has 1 unspecified atom stereocenters. The lowest BCUT2D eigenvalue weighted by molar-refractivity contribution is 0.413. The first-order valence-corrected chi connectivity index (χ1v) is 9.36. The quantitative estimate of drug-likeness (QED) is 0.666. The maximum atomic E-state index is 6.51. The fourth-order valence-corrected chi connectivity index (χ4v) is 3.58. The van der Waals surface area contributed by atoms with Gasteiger partial charge in [-0.3, -0.25) is 0 Å². The van der Waals surface area contributed by atoms with Gasteiger partial charge in [-0.25, -0.2) is 9.98 Å². The Morgan fingerprint density at radius 1 is 1.11 bits per heavy atom. The van der Waals surface area contributed by atoms with Crippen LogP contribution >= 0.6 is 11.6 Å². The molecule has 6 heteroatoms. The van der Waals surface area contributed by atoms with Gasteiger partial charge in [0.1, 0.15) is 5.65 Å². The van der Waals surface area contributed by atoms with Crippen LogP contribution in [0.25, 0.3) is 5.65 Å². The Balaban J connectivity index is 1.66. The molecule has 0 radical (unpaired) electrons. The molecule has 1 aromatic carbocycles. The van der Waals surface area contributed by atoms with Gasteiger partial charge in [0.2, 0.25) is 0 Å². The summed E-state index contributed by atoms with van der Waals surface area (Å²) in [6, 6.07) is 14.5. The van der Waals surface area contributed by atoms with Crippen molar-refractivity contribution >= 4 is 29.3 Å². The number of benzene rings is 1. The van der Waals surface area contributed by atoms with Crippen LogP contribution < -0.4 is 4.90 Å². The number of rotatable bonds is 5. The Morgan fingerprint density at radius 2 is 1.93 bits per heavy atom. The standard InChI is InChI=1S/C21H22ClN5/c1-25(2)14-11-16-6-8-17(9-7-16)27-15-23-12-10-18(27)20-21(22)24-19-5-3-4-13-26(19)20/h3-10,12-13,15,18H,11,14H2,1-2H3. The van der Waals surface area contributed by atoms with E-state index in [2.05, 4.69) is 58.1 Å². The highest BCUT2D eigenvalue weighted by Crippen LogP contribution is 2.33. The first-order chi connectivity index (χ1) is 13.1. The van der Waals surface area contributed by atoms with Crippen LogP contribution in [0.15, 0.2) is 65.9 Å². The first-order valence-electron chi connectivity index (χ1n) is 8.98. The molecule has 0 N–H and O–H groups in total. The highest BCUT2D eigenvalue weighted by Gasteiger charge is 2.25. The van der Waals surface area contributed by atoms with Gasteiger partial charge in [0.15, 0.2) is 5.15 Å². The van der Waals surface area contributed by atoms with Crippen molar-refractivity contribution in [3.8, 4) is 0 Å². The number of likely N-dealkylation sites (N-methyl/N-ethyl adjacent to an activating group) is 1. The van der Waals surface area contributed by atoms with Gasteiger partial charge in [-0.15, -0.1) is 0 Å². The summed E-state index contributed by atoms with van der Waals surface area (Å²) in [4.78, 5) is 13.1. The van der Waals surface area contributed by atoms with E-state index >= 15 is 0 Å². The van der Waals surface area contributed by atoms with Gasteiger partial charge in [-0.05, 0) is 56.4 Å². The third-order valence-electron chi connectivity index (χ3n) is 4.73. The summed E-state index contributed by atoms with van der Waals surface area (Å²) in [5, 5.41) is 0.513. The summed E-state index contributed by atoms with van der Waals surface area (Å²) in [5.74, 6) is 0. The van der Waals surface area contributed by atoms with Crippen LogP contribution in [0.5, 0.6) is 0 Å². The van der Waals surface area contributed by atoms with Gasteiger partial charge < -0.3 is 14.2 Å². The average Bonchev–Trinajstić information content (AvgIpc) is 3.02. The van der Waals surface area contributed by atoms with E-state index in [1.54, 1.807) is 0 Å². The minimum atomic E-state index is -0.0694. The molecule has 0 fully saturated rings. The van der Waals surface area contributed by atoms with E-state index in [4.69, 9.17) is 11.6 Å². The number of nitrogens with zero attached hydrogens (tertiary/aromatic N) is 5. The molecule has 0 spiro atoms. The molecular formula is C21H22ClN5. The number of fused-ring (bicyclic) bond motifs is 1. The molecule has 0 aliphatic carbocycles. The zero-order valence-electron chi connectivity index (χ0n) is 15.5. The number of aliphatic imine (C=N–C) groups is 1. The van der Waals surface area contributed by atoms with Crippen molar-refractivity contribution in [2.45, 2.75) is 12.5 Å². The second-order valence-corrected chi connectivity index (χ2v) is 7.25. The fraction of sp³-hybridized carbons (Fsp3) is 0.238. The Kier molecular flexibility index (Phi) is 4.97. The minimum Gasteiger partial charge on any atom is -0.320 e. The molecule has 1 atom stereocenters. The maximum absolute atomic E-state index is 6.51. The molecule has 5 nitrogen and oxygen atoms in total. The number of aromatic nitrogens is 2. The highest BCUT2D eigenvalue weighted by atomic mass is 35.5. The summed E-state index contributed by atoms with van der Waals surface area (Å²) >= 11 is 6.51. The van der Waals surface area contributed by atoms with E-state index in [0.717, 1.165) is 30.0 Å². The molecule has 138 valence electrons. The third-order valence-corrected chi connectivity index (χ3v) is 5.01. The Bertz CT molecular complexity index is 987. The SMILES string of the molecule is CN(C)CCc1ccc(N2C=NC=CC2c2c(Cl)nc3ccccn23)cc1. The van der Waals surface area contributed by atoms with E-state index in [-0.39, 0.29) is 6.04 Å². The van der Waals surface area contributed by atoms with Crippen molar-refractivity contribution in [2.75, 3.05) is 25.5 Å². The van der Waals surface area contributed by atoms with Gasteiger partial charge in [0.25, 0.3) is 0 Å². The molecule has 0 bridgehead atoms. The van der Waals surface area contributed by atoms with Gasteiger partial charge in [0, 0.05) is 24.6 Å². The zero-order chi connectivity index (χ0) is 18.8. The maximum Gasteiger partial charge on any atom is 0.153 e. The molecule has 1 aliphatic heterocycles. The van der Waals surface area contributed by atoms with Crippen LogP contribution in [0.3, 0.4) is 0 Å². The topological polar surface area (TPSA) is 36.1 Å². The van der Waals surface area contributed by atoms with Crippen LogP contribution in [0.1, 0.15) is 17.3 Å². The lowest BCUT2D eigenvalue weighted by Crippen LogP contribution is -2.28. The summed E-state index contributed by atoms with van der Waals surface area (Å²) in [6.07, 6.45) is 8.72. The predicted molar refractivity (Wildman–Crippen MR) is 112 cm³/mol. The van der Waals surface area contributed by atoms with Gasteiger partial charge in [0.05, 0.1) is 18.1 Å². The van der Waals surface area contributed by atoms with Gasteiger partial charge in [-0.1, -0.05) is 29.8 Å². The van der Waals surface area contributed by atoms with Crippen LogP contribution in [-0.4, -0.2) is 41.3 Å². The van der Waals surface area contributed by atoms with Crippen molar-refractivity contribution in [1.29, 1.82) is 0 Å². The molecule has 3 aromatic rings. The normalized spacial score (nSPS) is 16.6. The Morgan fingerprint density at radius 3 is 2.70 bits per heavy atom. The smallest absolute Gasteiger partial charge is 0.153 e. The summed E-state index contributed by atoms with van der Waals surface area (Å²) in [5.41, 5.74) is 4.17. The van der Waals surface area contributed by atoms with Crippen LogP contribution in [0, 0.1) is 0 Å². The number of hydrogen-bond acceptors (Lipinski definition) is 4. The van der Waals surface area contributed by atoms with E-state index in [9.17, 15) is 0 Å². The molecule has 27 heavy (non-hydrogen) atoms. The van der Waals surface area contributed by atoms with Gasteiger partial charge in [-0.2, -0.15) is 0 Å². The summed E-state index contributed by atoms with van der Waals surface area (Å²) in [7, 11) is 4.18. The molecule has 0 amide bonds. The van der Waals surface area contributed by atoms with Crippen LogP contribution in [0.2, 0.25) is 5.15 Å². The predicted octanol–water partition coefficient (Wildman–Crippen LogP) is 4.20. The average molecular weight is 380 g/mol. The molecule has 1 aliphatic rings. The largest absolute Gasteiger partial charge is 0.320 e. The first kappa shape index (κ1) is 17.8. The molecule has 0 saturated carbocycles. The number of halogens is 1. The Hall–Kier alpha value is -2.63. The molecular weight excluding hydrogens is 358 g/mol. The number of anilines is 1. The van der Waals surface area contributed by atoms with Crippen molar-refractivity contribution in [3.63, 3.8) is 0 Å². The number of pyridine rings is 1. The number of hydrogen-bond donors (Lipinski definition) is 0. The van der Waals surface area contributed by atoms with E-state index < -0.39 is 0 Å². The molecule has 4 rings (SSSR count). The summed E-state index contributed by atoms with van der Waals surface area (Å²) < 4.78 is 2.04. The summed E-state index contributed by atoms with van der Waals surface area (Å²) in [6.45, 7) is 1.04. The fourth-order valence-electron chi connectivity index (χ4n) is 3.29. The van der Waals surface area contributed by atoms with Crippen molar-refractivity contribution < 1.29 is 0 Å². The van der Waals surface area contributed by atoms with E-state index in [1.807, 2.05) is 47.4 Å². The second-order valence-electron chi connectivity index (χ2n) is 6.89. The highest BCUT2D eigenvalue weighted by molar-refractivity contribution is 6.30. The Labute approximate surface area is 164 Å². The van der Waals surface area contributed by atoms with E-state index in [0.29, 0.717) is 5.15 Å². The van der Waals surface area contributed by atoms with E-state index in [1.165, 1.54) is 5.56 Å². The minimum absolute atomic E-state index is 0.0694. The zero-order valence-corrected chi connectivity index (χ0v) is 16.2. The van der Waals surface area contributed by atoms with Crippen LogP contribution in [0.4, 0.5) is 5.69 Å². The lowest BCUT2D eigenvalue weighted by Gasteiger charge is -2.29. The van der Waals surface area contributed by atoms with Gasteiger partial charge >= 0.3 is 0 Å².